The Bertz CT molecular complexity index is 994. The van der Waals surface area contributed by atoms with Crippen LogP contribution in [0, 0.1) is 0 Å². The average molecular weight is 469 g/mol. The molecule has 1 aromatic heterocycles. The van der Waals surface area contributed by atoms with Gasteiger partial charge in [0.25, 0.3) is 0 Å². The predicted molar refractivity (Wildman–Crippen MR) is 110 cm³/mol. The highest BCUT2D eigenvalue weighted by Gasteiger charge is 2.33. The second-order valence-corrected chi connectivity index (χ2v) is 9.33. The van der Waals surface area contributed by atoms with Gasteiger partial charge in [0.2, 0.25) is 17.0 Å². The van der Waals surface area contributed by atoms with Crippen molar-refractivity contribution < 1.29 is 22.8 Å². The largest absolute Gasteiger partial charge is 0.416 e. The molecule has 2 aliphatic rings. The van der Waals surface area contributed by atoms with Crippen molar-refractivity contribution in [1.29, 1.82) is 0 Å². The summed E-state index contributed by atoms with van der Waals surface area (Å²) in [6.45, 7) is 2.32. The van der Waals surface area contributed by atoms with Crippen molar-refractivity contribution in [3.8, 4) is 0 Å². The Morgan fingerprint density at radius 2 is 2.12 bits per heavy atom. The summed E-state index contributed by atoms with van der Waals surface area (Å²) < 4.78 is 41.4. The number of carbonyl (C=O) groups is 2. The van der Waals surface area contributed by atoms with Crippen molar-refractivity contribution in [2.45, 2.75) is 61.3 Å². The highest BCUT2D eigenvalue weighted by Crippen LogP contribution is 2.37. The van der Waals surface area contributed by atoms with Crippen LogP contribution in [0.1, 0.15) is 55.8 Å². The Labute approximate surface area is 186 Å². The smallest absolute Gasteiger partial charge is 0.347 e. The van der Waals surface area contributed by atoms with Crippen molar-refractivity contribution in [3.63, 3.8) is 0 Å². The van der Waals surface area contributed by atoms with Crippen molar-refractivity contribution in [1.82, 2.24) is 30.4 Å². The number of benzene rings is 1. The molecule has 12 heteroatoms. The van der Waals surface area contributed by atoms with Gasteiger partial charge in [0.1, 0.15) is 0 Å². The second kappa shape index (κ2) is 9.08. The molecule has 8 nitrogen and oxygen atoms in total. The number of alkyl halides is 3. The van der Waals surface area contributed by atoms with E-state index in [-0.39, 0.29) is 24.4 Å². The molecule has 2 fully saturated rings. The summed E-state index contributed by atoms with van der Waals surface area (Å²) in [6, 6.07) is 4.34. The lowest BCUT2D eigenvalue weighted by atomic mass is 10.0. The quantitative estimate of drug-likeness (QED) is 0.599. The Kier molecular flexibility index (Phi) is 6.40. The van der Waals surface area contributed by atoms with E-state index in [1.54, 1.807) is 16.5 Å². The predicted octanol–water partition coefficient (Wildman–Crippen LogP) is 2.99. The number of hydrogen-bond donors (Lipinski definition) is 1. The summed E-state index contributed by atoms with van der Waals surface area (Å²) in [6.07, 6.45) is -1.43. The fraction of sp³-hybridized carbons (Fsp3) is 0.550. The number of nitrogens with zero attached hydrogens (tertiary/aromatic N) is 5. The molecule has 1 aromatic carbocycles. The summed E-state index contributed by atoms with van der Waals surface area (Å²) >= 11 is 1.20. The second-order valence-electron chi connectivity index (χ2n) is 8.02. The van der Waals surface area contributed by atoms with Gasteiger partial charge in [-0.05, 0) is 54.3 Å². The lowest BCUT2D eigenvalue weighted by molar-refractivity contribution is -0.137. The summed E-state index contributed by atoms with van der Waals surface area (Å²) in [5.41, 5.74) is -0.499. The molecule has 1 aliphatic heterocycles. The molecule has 1 saturated heterocycles. The van der Waals surface area contributed by atoms with Crippen LogP contribution in [0.3, 0.4) is 0 Å². The molecule has 2 aromatic rings. The first-order valence-corrected chi connectivity index (χ1v) is 11.3. The van der Waals surface area contributed by atoms with E-state index in [1.807, 2.05) is 0 Å². The number of halogens is 3. The van der Waals surface area contributed by atoms with Crippen molar-refractivity contribution in [2.24, 2.45) is 0 Å². The number of rotatable bonds is 8. The maximum Gasteiger partial charge on any atom is 0.416 e. The van der Waals surface area contributed by atoms with Gasteiger partial charge in [-0.2, -0.15) is 13.2 Å². The summed E-state index contributed by atoms with van der Waals surface area (Å²) in [5.74, 6) is -0.434. The van der Waals surface area contributed by atoms with Crippen LogP contribution >= 0.6 is 11.8 Å². The molecule has 1 aliphatic carbocycles. The molecule has 1 saturated carbocycles. The molecular formula is C20H23F3N6O2S. The van der Waals surface area contributed by atoms with Gasteiger partial charge in [-0.25, -0.2) is 4.68 Å². The van der Waals surface area contributed by atoms with E-state index in [2.05, 4.69) is 20.8 Å². The number of thioether (sulfide) groups is 1. The zero-order chi connectivity index (χ0) is 22.9. The van der Waals surface area contributed by atoms with Crippen LogP contribution in [-0.2, 0) is 15.8 Å². The molecule has 2 amide bonds. The Hall–Kier alpha value is -2.63. The van der Waals surface area contributed by atoms with Gasteiger partial charge in [0, 0.05) is 19.5 Å². The fourth-order valence-corrected chi connectivity index (χ4v) is 4.46. The number of carbonyl (C=O) groups excluding carboxylic acids is 2. The molecule has 1 N–H and O–H groups in total. The number of aromatic nitrogens is 4. The van der Waals surface area contributed by atoms with E-state index in [0.717, 1.165) is 25.0 Å². The molecule has 0 bridgehead atoms. The van der Waals surface area contributed by atoms with Gasteiger partial charge >= 0.3 is 6.18 Å². The highest BCUT2D eigenvalue weighted by atomic mass is 32.2. The first-order valence-electron chi connectivity index (χ1n) is 10.4. The molecule has 2 atom stereocenters. The molecule has 2 heterocycles. The maximum atomic E-state index is 13.2. The van der Waals surface area contributed by atoms with E-state index < -0.39 is 23.0 Å². The van der Waals surface area contributed by atoms with Crippen LogP contribution < -0.4 is 5.32 Å². The van der Waals surface area contributed by atoms with Crippen molar-refractivity contribution in [3.05, 3.63) is 35.4 Å². The van der Waals surface area contributed by atoms with Crippen molar-refractivity contribution in [2.75, 3.05) is 13.1 Å². The summed E-state index contributed by atoms with van der Waals surface area (Å²) in [4.78, 5) is 26.6. The Balaban J connectivity index is 1.51. The van der Waals surface area contributed by atoms with Crippen LogP contribution in [0.4, 0.5) is 13.2 Å². The van der Waals surface area contributed by atoms with Gasteiger partial charge in [-0.1, -0.05) is 23.9 Å². The number of hydrogen-bond acceptors (Lipinski definition) is 6. The number of nitrogens with one attached hydrogen (secondary N) is 1. The Morgan fingerprint density at radius 3 is 2.78 bits per heavy atom. The van der Waals surface area contributed by atoms with E-state index in [1.165, 1.54) is 23.9 Å². The molecule has 32 heavy (non-hydrogen) atoms. The summed E-state index contributed by atoms with van der Waals surface area (Å²) in [7, 11) is 0. The van der Waals surface area contributed by atoms with Crippen LogP contribution in [0.5, 0.6) is 0 Å². The minimum Gasteiger partial charge on any atom is -0.347 e. The first kappa shape index (κ1) is 22.6. The standard InChI is InChI=1S/C20H23F3N6O2S/c1-12(32-19-25-26-27-29(19)15-7-8-15)18(31)24-16(11-28-9-3-6-17(28)30)13-4-2-5-14(10-13)20(21,22)23/h2,4-5,10,12,15-16H,3,6-9,11H2,1H3,(H,24,31). The topological polar surface area (TPSA) is 93.0 Å². The highest BCUT2D eigenvalue weighted by molar-refractivity contribution is 8.00. The molecular weight excluding hydrogens is 445 g/mol. The minimum atomic E-state index is -4.50. The van der Waals surface area contributed by atoms with E-state index in [9.17, 15) is 22.8 Å². The third-order valence-electron chi connectivity index (χ3n) is 5.51. The van der Waals surface area contributed by atoms with Gasteiger partial charge in [0.15, 0.2) is 0 Å². The molecule has 0 radical (unpaired) electrons. The van der Waals surface area contributed by atoms with Gasteiger partial charge in [-0.3, -0.25) is 9.59 Å². The number of amides is 2. The molecule has 0 spiro atoms. The molecule has 172 valence electrons. The SMILES string of the molecule is CC(Sc1nnnn1C1CC1)C(=O)NC(CN1CCCC1=O)c1cccc(C(F)(F)F)c1. The third-order valence-corrected chi connectivity index (χ3v) is 6.56. The van der Waals surface area contributed by atoms with Crippen LogP contribution in [0.15, 0.2) is 29.4 Å². The van der Waals surface area contributed by atoms with Gasteiger partial charge < -0.3 is 10.2 Å². The zero-order valence-corrected chi connectivity index (χ0v) is 18.2. The summed E-state index contributed by atoms with van der Waals surface area (Å²) in [5, 5.41) is 14.4. The van der Waals surface area contributed by atoms with E-state index >= 15 is 0 Å². The van der Waals surface area contributed by atoms with Gasteiger partial charge in [0.05, 0.1) is 22.9 Å². The van der Waals surface area contributed by atoms with E-state index in [4.69, 9.17) is 0 Å². The van der Waals surface area contributed by atoms with Crippen LogP contribution in [0.25, 0.3) is 0 Å². The number of tetrazole rings is 1. The van der Waals surface area contributed by atoms with Crippen LogP contribution in [-0.4, -0.2) is 55.3 Å². The molecule has 4 rings (SSSR count). The normalized spacial score (nSPS) is 18.6. The van der Waals surface area contributed by atoms with Crippen LogP contribution in [0.2, 0.25) is 0 Å². The van der Waals surface area contributed by atoms with Gasteiger partial charge in [-0.15, -0.1) is 5.10 Å². The Morgan fingerprint density at radius 1 is 1.34 bits per heavy atom. The minimum absolute atomic E-state index is 0.0674. The number of likely N-dealkylation sites (tertiary alicyclic amines) is 1. The van der Waals surface area contributed by atoms with Crippen molar-refractivity contribution >= 4 is 23.6 Å². The fourth-order valence-electron chi connectivity index (χ4n) is 3.60. The zero-order valence-electron chi connectivity index (χ0n) is 17.4. The monoisotopic (exact) mass is 468 g/mol. The lowest BCUT2D eigenvalue weighted by Gasteiger charge is -2.26. The average Bonchev–Trinajstić information content (AvgIpc) is 3.36. The maximum absolute atomic E-state index is 13.2. The first-order chi connectivity index (χ1) is 15.2. The lowest BCUT2D eigenvalue weighted by Crippen LogP contribution is -2.41. The third kappa shape index (κ3) is 5.22. The molecule has 2 unspecified atom stereocenters. The van der Waals surface area contributed by atoms with E-state index in [0.29, 0.717) is 30.1 Å².